The number of rotatable bonds is 3. The molecule has 0 amide bonds. The van der Waals surface area contributed by atoms with Gasteiger partial charge in [-0.1, -0.05) is 0 Å². The van der Waals surface area contributed by atoms with Crippen LogP contribution in [0.2, 0.25) is 0 Å². The first-order valence-corrected chi connectivity index (χ1v) is 7.61. The first-order chi connectivity index (χ1) is 11.6. The Balaban J connectivity index is 1.74. The van der Waals surface area contributed by atoms with Gasteiger partial charge in [-0.25, -0.2) is 9.50 Å². The molecule has 3 heterocycles. The van der Waals surface area contributed by atoms with E-state index in [1.54, 1.807) is 6.20 Å². The van der Waals surface area contributed by atoms with Crippen molar-refractivity contribution in [2.45, 2.75) is 13.8 Å². The Morgan fingerprint density at radius 1 is 1.04 bits per heavy atom. The molecule has 4 aromatic rings. The van der Waals surface area contributed by atoms with E-state index in [9.17, 15) is 0 Å². The third kappa shape index (κ3) is 2.36. The summed E-state index contributed by atoms with van der Waals surface area (Å²) in [5, 5.41) is 7.76. The molecule has 3 aromatic heterocycles. The number of nitrogen functional groups attached to an aromatic ring is 1. The smallest absolute Gasteiger partial charge is 0.247 e. The third-order valence-corrected chi connectivity index (χ3v) is 3.96. The molecular formula is C17H17N7. The van der Waals surface area contributed by atoms with Crippen LogP contribution in [0.3, 0.4) is 0 Å². The van der Waals surface area contributed by atoms with Gasteiger partial charge in [0.25, 0.3) is 0 Å². The van der Waals surface area contributed by atoms with E-state index in [0.29, 0.717) is 5.95 Å². The number of imidazole rings is 1. The predicted molar refractivity (Wildman–Crippen MR) is 93.7 cm³/mol. The number of benzene rings is 1. The van der Waals surface area contributed by atoms with Crippen LogP contribution in [0.1, 0.15) is 11.5 Å². The monoisotopic (exact) mass is 319 g/mol. The highest BCUT2D eigenvalue weighted by Crippen LogP contribution is 2.20. The fourth-order valence-corrected chi connectivity index (χ4v) is 2.70. The van der Waals surface area contributed by atoms with Crippen LogP contribution in [0, 0.1) is 13.8 Å². The lowest BCUT2D eigenvalue weighted by atomic mass is 10.3. The summed E-state index contributed by atoms with van der Waals surface area (Å²) in [5.41, 5.74) is 10.1. The van der Waals surface area contributed by atoms with Crippen LogP contribution in [0.15, 0.2) is 48.8 Å². The maximum absolute atomic E-state index is 5.71. The van der Waals surface area contributed by atoms with Gasteiger partial charge in [-0.05, 0) is 50.2 Å². The van der Waals surface area contributed by atoms with Gasteiger partial charge >= 0.3 is 0 Å². The van der Waals surface area contributed by atoms with E-state index >= 15 is 0 Å². The highest BCUT2D eigenvalue weighted by atomic mass is 15.4. The van der Waals surface area contributed by atoms with Crippen LogP contribution in [-0.4, -0.2) is 24.1 Å². The number of anilines is 3. The van der Waals surface area contributed by atoms with Gasteiger partial charge in [0.1, 0.15) is 5.82 Å². The molecule has 4 rings (SSSR count). The zero-order valence-electron chi connectivity index (χ0n) is 13.4. The number of nitrogens with zero attached hydrogens (tertiary/aromatic N) is 5. The minimum absolute atomic E-state index is 0.544. The lowest BCUT2D eigenvalue weighted by Crippen LogP contribution is -2.04. The van der Waals surface area contributed by atoms with Crippen molar-refractivity contribution in [2.75, 3.05) is 11.1 Å². The molecule has 0 saturated carbocycles. The van der Waals surface area contributed by atoms with Gasteiger partial charge in [-0.2, -0.15) is 4.98 Å². The van der Waals surface area contributed by atoms with Crippen molar-refractivity contribution in [3.05, 3.63) is 60.3 Å². The first kappa shape index (κ1) is 14.3. The lowest BCUT2D eigenvalue weighted by Gasteiger charge is -2.09. The van der Waals surface area contributed by atoms with Crippen LogP contribution < -0.4 is 11.1 Å². The summed E-state index contributed by atoms with van der Waals surface area (Å²) in [5.74, 6) is 1.47. The summed E-state index contributed by atoms with van der Waals surface area (Å²) < 4.78 is 3.86. The van der Waals surface area contributed by atoms with E-state index < -0.39 is 0 Å². The highest BCUT2D eigenvalue weighted by Gasteiger charge is 2.11. The number of nitrogens with one attached hydrogen (secondary N) is 1. The molecule has 0 spiro atoms. The Kier molecular flexibility index (Phi) is 3.19. The highest BCUT2D eigenvalue weighted by molar-refractivity contribution is 5.59. The Hall–Kier alpha value is -3.35. The molecule has 7 nitrogen and oxygen atoms in total. The molecule has 7 heteroatoms. The van der Waals surface area contributed by atoms with Gasteiger partial charge in [-0.15, -0.1) is 5.10 Å². The molecule has 1 aromatic carbocycles. The van der Waals surface area contributed by atoms with E-state index in [-0.39, 0.29) is 0 Å². The number of pyridine rings is 1. The number of hydrogen-bond acceptors (Lipinski definition) is 5. The van der Waals surface area contributed by atoms with Crippen molar-refractivity contribution in [3.63, 3.8) is 0 Å². The molecule has 24 heavy (non-hydrogen) atoms. The molecule has 0 fully saturated rings. The number of aryl methyl sites for hydroxylation is 2. The number of hydrogen-bond donors (Lipinski definition) is 2. The van der Waals surface area contributed by atoms with Gasteiger partial charge < -0.3 is 15.6 Å². The Morgan fingerprint density at radius 3 is 2.54 bits per heavy atom. The van der Waals surface area contributed by atoms with Gasteiger partial charge in [0, 0.05) is 23.8 Å². The standard InChI is InChI=1S/C17H17N7/c1-11-15(23-10-9-19-12(23)2)7-8-16-21-17(22-24(11)16)20-14-5-3-13(18)4-6-14/h3-10H,18H2,1-2H3,(H,20,22). The summed E-state index contributed by atoms with van der Waals surface area (Å²) >= 11 is 0. The maximum Gasteiger partial charge on any atom is 0.247 e. The minimum Gasteiger partial charge on any atom is -0.399 e. The van der Waals surface area contributed by atoms with Crippen LogP contribution in [0.5, 0.6) is 0 Å². The molecule has 0 atom stereocenters. The molecule has 0 unspecified atom stereocenters. The molecule has 3 N–H and O–H groups in total. The molecule has 0 saturated heterocycles. The fraction of sp³-hybridized carbons (Fsp3) is 0.118. The summed E-state index contributed by atoms with van der Waals surface area (Å²) in [7, 11) is 0. The normalized spacial score (nSPS) is 11.1. The van der Waals surface area contributed by atoms with Crippen molar-refractivity contribution in [2.24, 2.45) is 0 Å². The lowest BCUT2D eigenvalue weighted by molar-refractivity contribution is 0.874. The van der Waals surface area contributed by atoms with Crippen molar-refractivity contribution in [3.8, 4) is 5.69 Å². The first-order valence-electron chi connectivity index (χ1n) is 7.61. The fourth-order valence-electron chi connectivity index (χ4n) is 2.70. The van der Waals surface area contributed by atoms with Crippen molar-refractivity contribution >= 4 is 23.0 Å². The van der Waals surface area contributed by atoms with Gasteiger partial charge in [0.15, 0.2) is 5.65 Å². The van der Waals surface area contributed by atoms with E-state index in [2.05, 4.69) is 20.4 Å². The molecule has 0 aliphatic rings. The topological polar surface area (TPSA) is 86.1 Å². The van der Waals surface area contributed by atoms with Crippen LogP contribution in [-0.2, 0) is 0 Å². The largest absolute Gasteiger partial charge is 0.399 e. The van der Waals surface area contributed by atoms with Gasteiger partial charge in [0.05, 0.1) is 11.4 Å². The van der Waals surface area contributed by atoms with E-state index in [1.807, 2.05) is 65.5 Å². The second kappa shape index (κ2) is 5.38. The Morgan fingerprint density at radius 2 is 1.83 bits per heavy atom. The number of aromatic nitrogens is 5. The predicted octanol–water partition coefficient (Wildman–Crippen LogP) is 2.86. The van der Waals surface area contributed by atoms with Gasteiger partial charge in [0.2, 0.25) is 5.95 Å². The third-order valence-electron chi connectivity index (χ3n) is 3.96. The van der Waals surface area contributed by atoms with E-state index in [0.717, 1.165) is 34.2 Å². The van der Waals surface area contributed by atoms with Gasteiger partial charge in [-0.3, -0.25) is 0 Å². The molecule has 120 valence electrons. The van der Waals surface area contributed by atoms with Crippen molar-refractivity contribution in [1.82, 2.24) is 24.1 Å². The number of nitrogens with two attached hydrogens (primary N) is 1. The zero-order valence-corrected chi connectivity index (χ0v) is 13.4. The summed E-state index contributed by atoms with van der Waals surface area (Å²) in [4.78, 5) is 8.80. The summed E-state index contributed by atoms with van der Waals surface area (Å²) in [6.07, 6.45) is 3.72. The maximum atomic E-state index is 5.71. The van der Waals surface area contributed by atoms with Crippen molar-refractivity contribution in [1.29, 1.82) is 0 Å². The molecule has 0 bridgehead atoms. The average Bonchev–Trinajstić information content (AvgIpc) is 3.17. The second-order valence-corrected chi connectivity index (χ2v) is 5.60. The van der Waals surface area contributed by atoms with Crippen LogP contribution in [0.4, 0.5) is 17.3 Å². The van der Waals surface area contributed by atoms with Crippen LogP contribution >= 0.6 is 0 Å². The summed E-state index contributed by atoms with van der Waals surface area (Å²) in [6, 6.07) is 11.4. The second-order valence-electron chi connectivity index (χ2n) is 5.60. The molecule has 0 radical (unpaired) electrons. The molecule has 0 aliphatic heterocycles. The average molecular weight is 319 g/mol. The zero-order chi connectivity index (χ0) is 16.7. The SMILES string of the molecule is Cc1nccn1-c1ccc2nc(Nc3ccc(N)cc3)nn2c1C. The molecular weight excluding hydrogens is 302 g/mol. The van der Waals surface area contributed by atoms with E-state index in [1.165, 1.54) is 0 Å². The van der Waals surface area contributed by atoms with Crippen LogP contribution in [0.25, 0.3) is 11.3 Å². The Labute approximate surface area is 138 Å². The number of fused-ring (bicyclic) bond motifs is 1. The van der Waals surface area contributed by atoms with E-state index in [4.69, 9.17) is 5.73 Å². The van der Waals surface area contributed by atoms with Crippen molar-refractivity contribution < 1.29 is 0 Å². The Bertz CT molecular complexity index is 1010. The molecule has 0 aliphatic carbocycles. The quantitative estimate of drug-likeness (QED) is 0.567. The minimum atomic E-state index is 0.544. The summed E-state index contributed by atoms with van der Waals surface area (Å²) in [6.45, 7) is 3.99.